The van der Waals surface area contributed by atoms with E-state index in [1.165, 1.54) is 38.1 Å². The third-order valence-corrected chi connectivity index (χ3v) is 5.97. The van der Waals surface area contributed by atoms with E-state index in [1.54, 1.807) is 20.8 Å². The Hall–Kier alpha value is -2.70. The maximum absolute atomic E-state index is 11.6. The Morgan fingerprint density at radius 2 is 1.84 bits per heavy atom. The summed E-state index contributed by atoms with van der Waals surface area (Å²) in [7, 11) is 0. The van der Waals surface area contributed by atoms with Crippen LogP contribution in [0.15, 0.2) is 29.4 Å². The van der Waals surface area contributed by atoms with Gasteiger partial charge >= 0.3 is 101 Å². The first-order valence-corrected chi connectivity index (χ1v) is 12.6. The Morgan fingerprint density at radius 1 is 1.28 bits per heavy atom. The van der Waals surface area contributed by atoms with Gasteiger partial charge in [0.2, 0.25) is 0 Å². The molecule has 0 aliphatic carbocycles. The third-order valence-electron chi connectivity index (χ3n) is 3.51. The fourth-order valence-corrected chi connectivity index (χ4v) is 3.40. The molecule has 1 aromatic carbocycles. The normalized spacial score (nSPS) is 16.4. The standard InChI is InChI=1S/C10H17N3O4.C8H10AsNO5/c1-6(14)7-5-11-8(15)13(12-7)9(16)17-10(2,3)4;1-6(11)10-8-4-2-7(3-5-8)9(12,13)15-14/h6,14H,5H2,1-4H3,(H,11,15);2-5,14H,1H3,(H,10,11)(H,12,13). The van der Waals surface area contributed by atoms with Crippen molar-refractivity contribution in [3.63, 3.8) is 0 Å². The van der Waals surface area contributed by atoms with Gasteiger partial charge in [0.05, 0.1) is 18.4 Å². The van der Waals surface area contributed by atoms with Crippen LogP contribution in [-0.4, -0.2) is 75.6 Å². The van der Waals surface area contributed by atoms with Gasteiger partial charge in [-0.1, -0.05) is 0 Å². The van der Waals surface area contributed by atoms with Gasteiger partial charge in [-0.25, -0.2) is 9.59 Å². The monoisotopic (exact) mass is 518 g/mol. The molecule has 4 amide bonds. The van der Waals surface area contributed by atoms with Crippen LogP contribution in [0, 0.1) is 0 Å². The van der Waals surface area contributed by atoms with E-state index in [0.717, 1.165) is 0 Å². The molecule has 0 fully saturated rings. The predicted molar refractivity (Wildman–Crippen MR) is 113 cm³/mol. The molecule has 2 atom stereocenters. The molecule has 1 aromatic rings. The molecule has 2 rings (SSSR count). The van der Waals surface area contributed by atoms with E-state index in [4.69, 9.17) is 14.1 Å². The number of amides is 4. The molecule has 0 radical (unpaired) electrons. The zero-order valence-electron chi connectivity index (χ0n) is 18.2. The number of anilines is 1. The maximum atomic E-state index is 11.6. The minimum absolute atomic E-state index is 0.00438. The summed E-state index contributed by atoms with van der Waals surface area (Å²) >= 11 is -4.76. The number of ether oxygens (including phenoxy) is 1. The maximum Gasteiger partial charge on any atom is 0.439 e. The van der Waals surface area contributed by atoms with Crippen LogP contribution >= 0.6 is 0 Å². The quantitative estimate of drug-likeness (QED) is 0.213. The van der Waals surface area contributed by atoms with Gasteiger partial charge in [0.15, 0.2) is 0 Å². The Morgan fingerprint density at radius 3 is 2.28 bits per heavy atom. The fraction of sp³-hybridized carbons (Fsp3) is 0.444. The molecule has 0 aromatic heterocycles. The van der Waals surface area contributed by atoms with Crippen molar-refractivity contribution in [2.75, 3.05) is 11.9 Å². The molecular weight excluding hydrogens is 491 g/mol. The molecule has 13 nitrogen and oxygen atoms in total. The van der Waals surface area contributed by atoms with Crippen LogP contribution in [-0.2, 0) is 17.1 Å². The summed E-state index contributed by atoms with van der Waals surface area (Å²) < 4.78 is 28.8. The first-order valence-electron chi connectivity index (χ1n) is 9.27. The number of nitrogens with zero attached hydrogens (tertiary/aromatic N) is 2. The molecule has 1 heterocycles. The van der Waals surface area contributed by atoms with E-state index < -0.39 is 38.0 Å². The molecule has 2 unspecified atom stereocenters. The number of urea groups is 1. The minimum atomic E-state index is -4.76. The number of hydrazone groups is 1. The fourth-order valence-electron chi connectivity index (χ4n) is 2.09. The molecule has 32 heavy (non-hydrogen) atoms. The average Bonchev–Trinajstić information content (AvgIpc) is 2.67. The Bertz CT molecular complexity index is 910. The number of aliphatic hydroxyl groups is 1. The van der Waals surface area contributed by atoms with E-state index >= 15 is 0 Å². The number of rotatable bonds is 4. The van der Waals surface area contributed by atoms with Gasteiger partial charge in [-0.3, -0.25) is 0 Å². The summed E-state index contributed by atoms with van der Waals surface area (Å²) in [5.41, 5.74) is 0.0881. The van der Waals surface area contributed by atoms with E-state index in [2.05, 4.69) is 19.6 Å². The molecule has 5 N–H and O–H groups in total. The van der Waals surface area contributed by atoms with E-state index in [1.807, 2.05) is 0 Å². The predicted octanol–water partition coefficient (Wildman–Crippen LogP) is 0.387. The first kappa shape index (κ1) is 27.3. The number of carbonyl (C=O) groups excluding carboxylic acids is 3. The third kappa shape index (κ3) is 8.81. The zero-order chi connectivity index (χ0) is 24.7. The van der Waals surface area contributed by atoms with Crippen molar-refractivity contribution in [2.24, 2.45) is 5.10 Å². The summed E-state index contributed by atoms with van der Waals surface area (Å²) in [4.78, 5) is 33.7. The van der Waals surface area contributed by atoms with E-state index in [0.29, 0.717) is 16.4 Å². The summed E-state index contributed by atoms with van der Waals surface area (Å²) in [5, 5.41) is 26.8. The zero-order valence-corrected chi connectivity index (χ0v) is 20.1. The Balaban J connectivity index is 0.000000323. The summed E-state index contributed by atoms with van der Waals surface area (Å²) in [6.07, 6.45) is -1.70. The van der Waals surface area contributed by atoms with Crippen molar-refractivity contribution in [1.29, 1.82) is 0 Å². The van der Waals surface area contributed by atoms with Gasteiger partial charge in [-0.15, -0.1) is 5.01 Å². The van der Waals surface area contributed by atoms with Crippen molar-refractivity contribution in [3.8, 4) is 0 Å². The van der Waals surface area contributed by atoms with E-state index in [9.17, 15) is 23.2 Å². The SMILES string of the molecule is CC(=O)Nc1ccc([As](=O)(O)OO)cc1.CC(O)C1=NN(C(=O)OC(C)(C)C)C(=O)NC1. The minimum Gasteiger partial charge on any atom is -0.442 e. The van der Waals surface area contributed by atoms with Crippen molar-refractivity contribution < 1.29 is 41.2 Å². The molecule has 1 aliphatic heterocycles. The number of aliphatic hydroxyl groups excluding tert-OH is 1. The van der Waals surface area contributed by atoms with Crippen molar-refractivity contribution in [1.82, 2.24) is 10.3 Å². The molecule has 0 saturated heterocycles. The molecule has 0 spiro atoms. The van der Waals surface area contributed by atoms with Crippen LogP contribution < -0.4 is 15.0 Å². The van der Waals surface area contributed by atoms with Crippen molar-refractivity contribution in [3.05, 3.63) is 24.3 Å². The Kier molecular flexibility index (Phi) is 9.61. The van der Waals surface area contributed by atoms with Gasteiger partial charge in [-0.05, 0) is 27.7 Å². The summed E-state index contributed by atoms with van der Waals surface area (Å²) in [5.74, 6) is -0.237. The molecule has 178 valence electrons. The van der Waals surface area contributed by atoms with Crippen molar-refractivity contribution >= 4 is 48.0 Å². The molecular formula is C18H27AsN4O9. The molecule has 1 aliphatic rings. The smallest absolute Gasteiger partial charge is 0.439 e. The van der Waals surface area contributed by atoms with Crippen LogP contribution in [0.3, 0.4) is 0 Å². The first-order chi connectivity index (χ1) is 14.7. The largest absolute Gasteiger partial charge is 0.442 e. The van der Waals surface area contributed by atoms with Gasteiger partial charge in [-0.2, -0.15) is 5.10 Å². The second-order valence-corrected chi connectivity index (χ2v) is 11.2. The number of carbonyl (C=O) groups is 3. The van der Waals surface area contributed by atoms with Gasteiger partial charge in [0.25, 0.3) is 0 Å². The van der Waals surface area contributed by atoms with Crippen LogP contribution in [0.5, 0.6) is 0 Å². The second-order valence-electron chi connectivity index (χ2n) is 7.55. The van der Waals surface area contributed by atoms with Crippen molar-refractivity contribution in [2.45, 2.75) is 46.3 Å². The number of hydrogen-bond donors (Lipinski definition) is 5. The van der Waals surface area contributed by atoms with Gasteiger partial charge in [0, 0.05) is 0 Å². The second kappa shape index (κ2) is 11.2. The number of hydrogen-bond acceptors (Lipinski definition) is 9. The number of nitrogens with one attached hydrogen (secondary N) is 2. The van der Waals surface area contributed by atoms with E-state index in [-0.39, 0.29) is 16.8 Å². The van der Waals surface area contributed by atoms with Gasteiger partial charge in [0.1, 0.15) is 5.60 Å². The molecule has 0 saturated carbocycles. The Labute approximate surface area is 187 Å². The molecule has 0 bridgehead atoms. The summed E-state index contributed by atoms with van der Waals surface area (Å²) in [6.45, 7) is 8.04. The number of imide groups is 1. The van der Waals surface area contributed by atoms with Crippen LogP contribution in [0.25, 0.3) is 0 Å². The van der Waals surface area contributed by atoms with Gasteiger partial charge < -0.3 is 15.2 Å². The van der Waals surface area contributed by atoms with Crippen LogP contribution in [0.1, 0.15) is 34.6 Å². The van der Waals surface area contributed by atoms with Crippen LogP contribution in [0.4, 0.5) is 15.3 Å². The van der Waals surface area contributed by atoms with Crippen LogP contribution in [0.2, 0.25) is 0 Å². The topological polar surface area (TPSA) is 187 Å². The number of benzene rings is 1. The molecule has 14 heteroatoms. The average molecular weight is 518 g/mol. The summed E-state index contributed by atoms with van der Waals surface area (Å²) in [6, 6.07) is 4.84.